The number of aliphatic hydroxyl groups excluding tert-OH is 1. The van der Waals surface area contributed by atoms with Crippen LogP contribution >= 0.6 is 12.6 Å². The Balaban J connectivity index is 1.50. The molecular weight excluding hydrogens is 745 g/mol. The first-order chi connectivity index (χ1) is 26.8. The molecule has 0 spiro atoms. The van der Waals surface area contributed by atoms with Crippen LogP contribution in [-0.2, 0) is 46.4 Å². The monoisotopic (exact) mass is 794 g/mol. The molecule has 18 nitrogen and oxygen atoms in total. The lowest BCUT2D eigenvalue weighted by atomic mass is 10.0. The topological polar surface area (TPSA) is 260 Å². The van der Waals surface area contributed by atoms with Gasteiger partial charge in [0.25, 0.3) is 0 Å². The maximum atomic E-state index is 14.3. The molecular formula is C37H50N10O8S. The zero-order chi connectivity index (χ0) is 40.5. The Hall–Kier alpha value is -5.43. The van der Waals surface area contributed by atoms with Gasteiger partial charge in [-0.3, -0.25) is 33.6 Å². The van der Waals surface area contributed by atoms with E-state index in [-0.39, 0.29) is 37.5 Å². The second-order valence-corrected chi connectivity index (χ2v) is 14.9. The Morgan fingerprint density at radius 1 is 0.786 bits per heavy atom. The number of carbonyl (C=O) groups is 7. The van der Waals surface area contributed by atoms with Gasteiger partial charge in [-0.1, -0.05) is 32.0 Å². The molecule has 7 atom stereocenters. The number of nitrogens with zero attached hydrogens (tertiary/aromatic N) is 2. The first kappa shape index (κ1) is 41.7. The molecule has 1 aromatic carbocycles. The van der Waals surface area contributed by atoms with Crippen molar-refractivity contribution in [2.75, 3.05) is 18.9 Å². The molecule has 0 unspecified atom stereocenters. The molecule has 2 fully saturated rings. The summed E-state index contributed by atoms with van der Waals surface area (Å²) in [5.74, 6) is -5.35. The number of hydrogen-bond donors (Lipinski definition) is 10. The van der Waals surface area contributed by atoms with E-state index in [2.05, 4.69) is 59.5 Å². The van der Waals surface area contributed by atoms with Gasteiger partial charge in [-0.25, -0.2) is 4.98 Å². The van der Waals surface area contributed by atoms with Crippen LogP contribution in [-0.4, -0.2) is 128 Å². The summed E-state index contributed by atoms with van der Waals surface area (Å²) in [6.07, 6.45) is 5.57. The highest BCUT2D eigenvalue weighted by Gasteiger charge is 2.40. The van der Waals surface area contributed by atoms with E-state index in [1.54, 1.807) is 6.20 Å². The molecule has 5 rings (SSSR count). The third kappa shape index (κ3) is 10.2. The van der Waals surface area contributed by atoms with E-state index < -0.39 is 90.3 Å². The fourth-order valence-corrected chi connectivity index (χ4v) is 7.16. The molecule has 2 aliphatic heterocycles. The molecule has 19 heteroatoms. The Bertz CT molecular complexity index is 1900. The molecule has 302 valence electrons. The second-order valence-electron chi connectivity index (χ2n) is 14.6. The molecule has 0 bridgehead atoms. The lowest BCUT2D eigenvalue weighted by Crippen LogP contribution is -2.60. The summed E-state index contributed by atoms with van der Waals surface area (Å²) in [5, 5.41) is 26.6. The Morgan fingerprint density at radius 2 is 1.41 bits per heavy atom. The standard InChI is InChI=1S/C37H50N10O8S/c1-19(2)11-27-37(55)47-10-6-9-30(47)36(54)43-25(12-21-14-39-24-8-5-4-7-23(21)24)32(50)41-20(3)31(49)45-28(16-48)34(52)46-29(17-56)35(53)42-26(33(51)44-27)13-22-15-38-18-40-22/h4-5,7-8,14-15,18-20,25-30,39,48,56H,6,9-13,16-17H2,1-3H3,(H,38,40)(H,41,50)(H,42,53)(H,43,54)(H,44,51)(H,45,49)(H,46,52)/t20-,25+,26+,27-,28-,29-,30-/m1/s1. The number of nitrogens with one attached hydrogen (secondary N) is 8. The highest BCUT2D eigenvalue weighted by molar-refractivity contribution is 7.80. The third-order valence-corrected chi connectivity index (χ3v) is 10.3. The molecule has 56 heavy (non-hydrogen) atoms. The van der Waals surface area contributed by atoms with Gasteiger partial charge in [0.05, 0.1) is 12.9 Å². The lowest BCUT2D eigenvalue weighted by molar-refractivity contribution is -0.143. The summed E-state index contributed by atoms with van der Waals surface area (Å²) in [4.78, 5) is 108. The minimum Gasteiger partial charge on any atom is -0.394 e. The van der Waals surface area contributed by atoms with Gasteiger partial charge in [0.1, 0.15) is 42.3 Å². The van der Waals surface area contributed by atoms with Gasteiger partial charge in [0.15, 0.2) is 0 Å². The van der Waals surface area contributed by atoms with Crippen molar-refractivity contribution in [3.05, 3.63) is 54.2 Å². The summed E-state index contributed by atoms with van der Waals surface area (Å²) in [6, 6.07) is -1.18. The van der Waals surface area contributed by atoms with E-state index in [1.165, 1.54) is 24.3 Å². The van der Waals surface area contributed by atoms with Crippen molar-refractivity contribution in [1.29, 1.82) is 0 Å². The number of H-pyrrole nitrogens is 2. The number of thiol groups is 1. The number of carbonyl (C=O) groups excluding carboxylic acids is 7. The number of para-hydroxylation sites is 1. The van der Waals surface area contributed by atoms with Crippen LogP contribution in [0, 0.1) is 5.92 Å². The Labute approximate surface area is 328 Å². The number of aliphatic hydroxyl groups is 1. The van der Waals surface area contributed by atoms with E-state index in [0.717, 1.165) is 10.9 Å². The van der Waals surface area contributed by atoms with Crippen LogP contribution in [0.25, 0.3) is 10.9 Å². The van der Waals surface area contributed by atoms with Gasteiger partial charge >= 0.3 is 0 Å². The van der Waals surface area contributed by atoms with Crippen molar-refractivity contribution in [3.63, 3.8) is 0 Å². The molecule has 0 aliphatic carbocycles. The van der Waals surface area contributed by atoms with Crippen molar-refractivity contribution in [2.24, 2.45) is 5.92 Å². The highest BCUT2D eigenvalue weighted by atomic mass is 32.1. The van der Waals surface area contributed by atoms with Crippen molar-refractivity contribution in [1.82, 2.24) is 51.8 Å². The van der Waals surface area contributed by atoms with E-state index in [4.69, 9.17) is 0 Å². The molecule has 2 saturated heterocycles. The van der Waals surface area contributed by atoms with E-state index in [0.29, 0.717) is 24.1 Å². The predicted octanol–water partition coefficient (Wildman–Crippen LogP) is -1.42. The van der Waals surface area contributed by atoms with Gasteiger partial charge in [0, 0.05) is 54.1 Å². The third-order valence-electron chi connectivity index (χ3n) is 9.89. The zero-order valence-electron chi connectivity index (χ0n) is 31.5. The molecule has 9 N–H and O–H groups in total. The second kappa shape index (κ2) is 18.9. The maximum absolute atomic E-state index is 14.3. The van der Waals surface area contributed by atoms with Gasteiger partial charge in [-0.15, -0.1) is 0 Å². The normalized spacial score (nSPS) is 26.4. The average Bonchev–Trinajstić information content (AvgIpc) is 3.96. The van der Waals surface area contributed by atoms with Crippen molar-refractivity contribution in [2.45, 2.75) is 95.2 Å². The first-order valence-corrected chi connectivity index (χ1v) is 19.3. The largest absolute Gasteiger partial charge is 0.394 e. The minimum atomic E-state index is -1.53. The molecule has 7 amide bonds. The van der Waals surface area contributed by atoms with Crippen molar-refractivity contribution in [3.8, 4) is 0 Å². The maximum Gasteiger partial charge on any atom is 0.245 e. The summed E-state index contributed by atoms with van der Waals surface area (Å²) in [5.41, 5.74) is 2.02. The molecule has 4 heterocycles. The van der Waals surface area contributed by atoms with Gasteiger partial charge in [-0.2, -0.15) is 12.6 Å². The van der Waals surface area contributed by atoms with Gasteiger partial charge in [-0.05, 0) is 43.7 Å². The van der Waals surface area contributed by atoms with Crippen LogP contribution in [0.2, 0.25) is 0 Å². The number of rotatable bonds is 8. The summed E-state index contributed by atoms with van der Waals surface area (Å²) >= 11 is 4.22. The first-order valence-electron chi connectivity index (χ1n) is 18.7. The highest BCUT2D eigenvalue weighted by Crippen LogP contribution is 2.23. The number of fused-ring (bicyclic) bond motifs is 2. The van der Waals surface area contributed by atoms with Crippen LogP contribution in [0.1, 0.15) is 51.3 Å². The lowest BCUT2D eigenvalue weighted by Gasteiger charge is -2.31. The van der Waals surface area contributed by atoms with Crippen molar-refractivity contribution >= 4 is 64.9 Å². The Morgan fingerprint density at radius 3 is 2.11 bits per heavy atom. The summed E-state index contributed by atoms with van der Waals surface area (Å²) < 4.78 is 0. The van der Waals surface area contributed by atoms with Crippen molar-refractivity contribution < 1.29 is 38.7 Å². The number of aromatic amines is 2. The minimum absolute atomic E-state index is 0.0220. The van der Waals surface area contributed by atoms with E-state index in [9.17, 15) is 38.7 Å². The van der Waals surface area contributed by atoms with Crippen LogP contribution in [0.5, 0.6) is 0 Å². The molecule has 2 aliphatic rings. The zero-order valence-corrected chi connectivity index (χ0v) is 32.4. The fourth-order valence-electron chi connectivity index (χ4n) is 6.90. The fraction of sp³-hybridized carbons (Fsp3) is 0.514. The number of aromatic nitrogens is 3. The van der Waals surface area contributed by atoms with Crippen LogP contribution in [0.3, 0.4) is 0 Å². The predicted molar refractivity (Wildman–Crippen MR) is 207 cm³/mol. The SMILES string of the molecule is CC(C)C[C@H]1NC(=O)[C@H](Cc2cnc[nH]2)NC(=O)[C@@H](CS)NC(=O)[C@@H](CO)NC(=O)[C@@H](C)NC(=O)[C@H](Cc2c[nH]c3ccccc23)NC(=O)[C@H]2CCCN2C1=O. The van der Waals surface area contributed by atoms with Gasteiger partial charge < -0.3 is 51.9 Å². The van der Waals surface area contributed by atoms with Crippen LogP contribution in [0.4, 0.5) is 0 Å². The molecule has 2 aromatic heterocycles. The number of hydrogen-bond acceptors (Lipinski definition) is 10. The quantitative estimate of drug-likeness (QED) is 0.120. The smallest absolute Gasteiger partial charge is 0.245 e. The number of imidazole rings is 1. The Kier molecular flexibility index (Phi) is 14.1. The summed E-state index contributed by atoms with van der Waals surface area (Å²) in [6.45, 7) is 4.50. The van der Waals surface area contributed by atoms with E-state index in [1.807, 2.05) is 38.1 Å². The number of amides is 7. The van der Waals surface area contributed by atoms with Crippen LogP contribution in [0.15, 0.2) is 43.0 Å². The molecule has 0 radical (unpaired) electrons. The average molecular weight is 795 g/mol. The van der Waals surface area contributed by atoms with Crippen LogP contribution < -0.4 is 31.9 Å². The van der Waals surface area contributed by atoms with Gasteiger partial charge in [0.2, 0.25) is 41.4 Å². The molecule has 0 saturated carbocycles. The molecule has 3 aromatic rings. The van der Waals surface area contributed by atoms with E-state index >= 15 is 0 Å². The summed E-state index contributed by atoms with van der Waals surface area (Å²) in [7, 11) is 0. The number of benzene rings is 1.